The number of aldehydes is 1. The number of benzene rings is 2. The van der Waals surface area contributed by atoms with Crippen LogP contribution < -0.4 is 4.90 Å². The minimum atomic E-state index is -0.465. The smallest absolute Gasteiger partial charge is 0.155 e. The quantitative estimate of drug-likeness (QED) is 0.769. The van der Waals surface area contributed by atoms with E-state index in [1.807, 2.05) is 24.3 Å². The summed E-state index contributed by atoms with van der Waals surface area (Å²) in [4.78, 5) is 13.3. The number of anilines is 2. The molecule has 102 valence electrons. The van der Waals surface area contributed by atoms with Crippen molar-refractivity contribution in [2.24, 2.45) is 5.92 Å². The van der Waals surface area contributed by atoms with Gasteiger partial charge in [0.25, 0.3) is 0 Å². The molecule has 0 aromatic heterocycles. The van der Waals surface area contributed by atoms with Gasteiger partial charge >= 0.3 is 0 Å². The van der Waals surface area contributed by atoms with Gasteiger partial charge in [-0.05, 0) is 36.1 Å². The van der Waals surface area contributed by atoms with Crippen LogP contribution in [-0.2, 0) is 6.42 Å². The van der Waals surface area contributed by atoms with Crippen LogP contribution in [-0.4, -0.2) is 12.8 Å². The molecule has 1 atom stereocenters. The van der Waals surface area contributed by atoms with Gasteiger partial charge in [-0.25, -0.2) is 4.39 Å². The lowest BCUT2D eigenvalue weighted by Crippen LogP contribution is -2.31. The van der Waals surface area contributed by atoms with E-state index in [4.69, 9.17) is 0 Å². The normalized spacial score (nSPS) is 17.7. The van der Waals surface area contributed by atoms with E-state index >= 15 is 0 Å². The third-order valence-electron chi connectivity index (χ3n) is 3.78. The molecule has 0 saturated carbocycles. The van der Waals surface area contributed by atoms with Crippen molar-refractivity contribution in [3.05, 3.63) is 59.4 Å². The van der Waals surface area contributed by atoms with Crippen molar-refractivity contribution >= 4 is 17.7 Å². The van der Waals surface area contributed by atoms with Gasteiger partial charge in [-0.15, -0.1) is 0 Å². The molecule has 1 aliphatic rings. The van der Waals surface area contributed by atoms with Crippen LogP contribution in [0.2, 0.25) is 0 Å². The summed E-state index contributed by atoms with van der Waals surface area (Å²) in [6, 6.07) is 12.9. The summed E-state index contributed by atoms with van der Waals surface area (Å²) in [5.41, 5.74) is 3.10. The Balaban J connectivity index is 2.16. The van der Waals surface area contributed by atoms with Crippen molar-refractivity contribution in [2.75, 3.05) is 11.4 Å². The number of fused-ring (bicyclic) bond motifs is 1. The number of carbonyl (C=O) groups excluding carboxylic acids is 1. The van der Waals surface area contributed by atoms with E-state index in [0.717, 1.165) is 18.7 Å². The van der Waals surface area contributed by atoms with Gasteiger partial charge in [0.05, 0.1) is 11.3 Å². The number of carbonyl (C=O) groups is 1. The highest BCUT2D eigenvalue weighted by molar-refractivity contribution is 5.87. The first-order valence-corrected chi connectivity index (χ1v) is 6.80. The largest absolute Gasteiger partial charge is 0.340 e. The molecule has 3 rings (SSSR count). The molecule has 0 spiro atoms. The Hall–Kier alpha value is -2.16. The molecule has 0 amide bonds. The van der Waals surface area contributed by atoms with Gasteiger partial charge in [0, 0.05) is 12.2 Å². The van der Waals surface area contributed by atoms with Gasteiger partial charge in [-0.3, -0.25) is 4.79 Å². The second kappa shape index (κ2) is 5.08. The highest BCUT2D eigenvalue weighted by Gasteiger charge is 2.24. The monoisotopic (exact) mass is 269 g/mol. The molecule has 0 N–H and O–H groups in total. The van der Waals surface area contributed by atoms with Crippen molar-refractivity contribution in [3.63, 3.8) is 0 Å². The zero-order chi connectivity index (χ0) is 14.1. The lowest BCUT2D eigenvalue weighted by Gasteiger charge is -2.35. The Bertz CT molecular complexity index is 653. The standard InChI is InChI=1S/C17H16FNO/c1-12-9-13-5-2-3-7-16(13)19(10-12)17-8-4-6-15(18)14(17)11-20/h2-8,11-12H,9-10H2,1H3. The molecule has 0 radical (unpaired) electrons. The van der Waals surface area contributed by atoms with Crippen molar-refractivity contribution in [1.29, 1.82) is 0 Å². The van der Waals surface area contributed by atoms with Crippen molar-refractivity contribution in [1.82, 2.24) is 0 Å². The summed E-state index contributed by atoms with van der Waals surface area (Å²) in [5, 5.41) is 0. The molecule has 0 saturated heterocycles. The predicted octanol–water partition coefficient (Wildman–Crippen LogP) is 3.97. The number of para-hydroxylation sites is 1. The SMILES string of the molecule is CC1Cc2ccccc2N(c2cccc(F)c2C=O)C1. The lowest BCUT2D eigenvalue weighted by atomic mass is 9.93. The summed E-state index contributed by atoms with van der Waals surface area (Å²) in [6.45, 7) is 2.96. The number of halogens is 1. The molecule has 1 aliphatic heterocycles. The second-order valence-electron chi connectivity index (χ2n) is 5.34. The minimum absolute atomic E-state index is 0.136. The van der Waals surface area contributed by atoms with Gasteiger partial charge in [-0.2, -0.15) is 0 Å². The molecule has 20 heavy (non-hydrogen) atoms. The van der Waals surface area contributed by atoms with Crippen LogP contribution in [0.5, 0.6) is 0 Å². The minimum Gasteiger partial charge on any atom is -0.340 e. The predicted molar refractivity (Wildman–Crippen MR) is 78.1 cm³/mol. The van der Waals surface area contributed by atoms with E-state index in [1.165, 1.54) is 11.6 Å². The number of nitrogens with zero attached hydrogens (tertiary/aromatic N) is 1. The maximum absolute atomic E-state index is 13.8. The van der Waals surface area contributed by atoms with E-state index < -0.39 is 5.82 Å². The van der Waals surface area contributed by atoms with Crippen LogP contribution in [0, 0.1) is 11.7 Å². The Kier molecular flexibility index (Phi) is 3.26. The maximum atomic E-state index is 13.8. The summed E-state index contributed by atoms with van der Waals surface area (Å²) >= 11 is 0. The van der Waals surface area contributed by atoms with Crippen molar-refractivity contribution in [3.8, 4) is 0 Å². The Labute approximate surface area is 117 Å². The second-order valence-corrected chi connectivity index (χ2v) is 5.34. The summed E-state index contributed by atoms with van der Waals surface area (Å²) in [5.74, 6) is 0.000812. The zero-order valence-corrected chi connectivity index (χ0v) is 11.3. The maximum Gasteiger partial charge on any atom is 0.155 e. The lowest BCUT2D eigenvalue weighted by molar-refractivity contribution is 0.112. The molecule has 2 nitrogen and oxygen atoms in total. The van der Waals surface area contributed by atoms with Gasteiger partial charge in [0.2, 0.25) is 0 Å². The number of hydrogen-bond acceptors (Lipinski definition) is 2. The molecular weight excluding hydrogens is 253 g/mol. The van der Waals surface area contributed by atoms with Gasteiger partial charge in [0.1, 0.15) is 5.82 Å². The molecule has 1 unspecified atom stereocenters. The van der Waals surface area contributed by atoms with Gasteiger partial charge < -0.3 is 4.90 Å². The number of rotatable bonds is 2. The fourth-order valence-corrected chi connectivity index (χ4v) is 2.90. The van der Waals surface area contributed by atoms with E-state index in [2.05, 4.69) is 17.9 Å². The average molecular weight is 269 g/mol. The Morgan fingerprint density at radius 2 is 1.90 bits per heavy atom. The van der Waals surface area contributed by atoms with Crippen molar-refractivity contribution in [2.45, 2.75) is 13.3 Å². The summed E-state index contributed by atoms with van der Waals surface area (Å²) in [7, 11) is 0. The molecule has 2 aromatic carbocycles. The van der Waals surface area contributed by atoms with E-state index in [-0.39, 0.29) is 5.56 Å². The summed E-state index contributed by atoms with van der Waals surface area (Å²) in [6.07, 6.45) is 1.62. The van der Waals surface area contributed by atoms with Crippen LogP contribution in [0.3, 0.4) is 0 Å². The van der Waals surface area contributed by atoms with Gasteiger partial charge in [0.15, 0.2) is 6.29 Å². The van der Waals surface area contributed by atoms with E-state index in [0.29, 0.717) is 17.9 Å². The van der Waals surface area contributed by atoms with Crippen LogP contribution in [0.1, 0.15) is 22.8 Å². The molecule has 0 aliphatic carbocycles. The fourth-order valence-electron chi connectivity index (χ4n) is 2.90. The molecule has 0 bridgehead atoms. The first-order valence-electron chi connectivity index (χ1n) is 6.80. The Morgan fingerprint density at radius 3 is 2.70 bits per heavy atom. The van der Waals surface area contributed by atoms with Crippen LogP contribution in [0.15, 0.2) is 42.5 Å². The third-order valence-corrected chi connectivity index (χ3v) is 3.78. The molecule has 0 fully saturated rings. The van der Waals surface area contributed by atoms with E-state index in [1.54, 1.807) is 6.07 Å². The van der Waals surface area contributed by atoms with Crippen LogP contribution in [0.4, 0.5) is 15.8 Å². The Morgan fingerprint density at radius 1 is 1.15 bits per heavy atom. The zero-order valence-electron chi connectivity index (χ0n) is 11.3. The molecular formula is C17H16FNO. The van der Waals surface area contributed by atoms with Crippen LogP contribution >= 0.6 is 0 Å². The number of hydrogen-bond donors (Lipinski definition) is 0. The van der Waals surface area contributed by atoms with Crippen LogP contribution in [0.25, 0.3) is 0 Å². The molecule has 1 heterocycles. The topological polar surface area (TPSA) is 20.3 Å². The third kappa shape index (κ3) is 2.09. The summed E-state index contributed by atoms with van der Waals surface area (Å²) < 4.78 is 13.8. The first kappa shape index (κ1) is 12.9. The van der Waals surface area contributed by atoms with E-state index in [9.17, 15) is 9.18 Å². The molecule has 3 heteroatoms. The highest BCUT2D eigenvalue weighted by Crippen LogP contribution is 2.36. The fraction of sp³-hybridized carbons (Fsp3) is 0.235. The van der Waals surface area contributed by atoms with Crippen molar-refractivity contribution < 1.29 is 9.18 Å². The first-order chi connectivity index (χ1) is 9.70. The highest BCUT2D eigenvalue weighted by atomic mass is 19.1. The molecule has 2 aromatic rings. The average Bonchev–Trinajstić information content (AvgIpc) is 2.46. The van der Waals surface area contributed by atoms with Gasteiger partial charge in [-0.1, -0.05) is 31.2 Å².